The van der Waals surface area contributed by atoms with Gasteiger partial charge in [-0.15, -0.1) is 0 Å². The highest BCUT2D eigenvalue weighted by atomic mass is 79.9. The van der Waals surface area contributed by atoms with Crippen LogP contribution in [0.1, 0.15) is 5.56 Å². The molecule has 1 aromatic carbocycles. The Bertz CT molecular complexity index is 783. The summed E-state index contributed by atoms with van der Waals surface area (Å²) >= 11 is 3.22. The summed E-state index contributed by atoms with van der Waals surface area (Å²) in [6, 6.07) is 10.5. The average Bonchev–Trinajstić information content (AvgIpc) is 2.77. The fourth-order valence-electron chi connectivity index (χ4n) is 1.84. The molecule has 0 N–H and O–H groups in total. The number of hydrogen-bond acceptors (Lipinski definition) is 3. The standard InChI is InChI=1S/C14H9BrO3/c1-8-2-3-11-9(6-8)10(16)7-13(17-11)12-4-5-14(15)18-12/h2-7H,1H3. The van der Waals surface area contributed by atoms with Crippen molar-refractivity contribution in [2.45, 2.75) is 6.92 Å². The van der Waals surface area contributed by atoms with Crippen LogP contribution in [0.15, 0.2) is 54.7 Å². The lowest BCUT2D eigenvalue weighted by Crippen LogP contribution is -2.00. The maximum absolute atomic E-state index is 12.0. The number of furan rings is 1. The molecule has 0 aliphatic rings. The fraction of sp³-hybridized carbons (Fsp3) is 0.0714. The zero-order chi connectivity index (χ0) is 12.7. The first-order chi connectivity index (χ1) is 8.63. The van der Waals surface area contributed by atoms with Gasteiger partial charge in [0, 0.05) is 6.07 Å². The van der Waals surface area contributed by atoms with Gasteiger partial charge in [-0.2, -0.15) is 0 Å². The largest absolute Gasteiger partial charge is 0.453 e. The second kappa shape index (κ2) is 4.14. The van der Waals surface area contributed by atoms with Crippen LogP contribution in [0.5, 0.6) is 0 Å². The summed E-state index contributed by atoms with van der Waals surface area (Å²) in [6.45, 7) is 1.94. The fourth-order valence-corrected chi connectivity index (χ4v) is 2.14. The molecule has 0 aliphatic heterocycles. The molecule has 18 heavy (non-hydrogen) atoms. The molecule has 3 rings (SSSR count). The van der Waals surface area contributed by atoms with Gasteiger partial charge in [-0.05, 0) is 47.1 Å². The monoisotopic (exact) mass is 304 g/mol. The van der Waals surface area contributed by atoms with Crippen LogP contribution < -0.4 is 5.43 Å². The number of hydrogen-bond donors (Lipinski definition) is 0. The molecule has 4 heteroatoms. The minimum Gasteiger partial charge on any atom is -0.453 e. The van der Waals surface area contributed by atoms with Gasteiger partial charge in [0.05, 0.1) is 5.39 Å². The highest BCUT2D eigenvalue weighted by Crippen LogP contribution is 2.26. The van der Waals surface area contributed by atoms with Gasteiger partial charge in [0.1, 0.15) is 5.58 Å². The van der Waals surface area contributed by atoms with Crippen LogP contribution in [0, 0.1) is 6.92 Å². The van der Waals surface area contributed by atoms with Crippen molar-refractivity contribution in [2.24, 2.45) is 0 Å². The molecular formula is C14H9BrO3. The third-order valence-electron chi connectivity index (χ3n) is 2.70. The summed E-state index contributed by atoms with van der Waals surface area (Å²) in [5, 5.41) is 0.587. The molecule has 0 atom stereocenters. The van der Waals surface area contributed by atoms with Gasteiger partial charge in [-0.25, -0.2) is 0 Å². The van der Waals surface area contributed by atoms with Gasteiger partial charge in [-0.3, -0.25) is 4.79 Å². The van der Waals surface area contributed by atoms with Crippen molar-refractivity contribution < 1.29 is 8.83 Å². The molecule has 90 valence electrons. The van der Waals surface area contributed by atoms with E-state index in [0.29, 0.717) is 27.2 Å². The maximum atomic E-state index is 12.0. The van der Waals surface area contributed by atoms with Crippen LogP contribution >= 0.6 is 15.9 Å². The van der Waals surface area contributed by atoms with Gasteiger partial charge in [0.25, 0.3) is 0 Å². The van der Waals surface area contributed by atoms with Crippen molar-refractivity contribution in [2.75, 3.05) is 0 Å². The molecule has 0 spiro atoms. The smallest absolute Gasteiger partial charge is 0.193 e. The summed E-state index contributed by atoms with van der Waals surface area (Å²) in [7, 11) is 0. The highest BCUT2D eigenvalue weighted by molar-refractivity contribution is 9.10. The Labute approximate surface area is 111 Å². The molecule has 3 aromatic rings. The van der Waals surface area contributed by atoms with E-state index in [9.17, 15) is 4.79 Å². The van der Waals surface area contributed by atoms with Gasteiger partial charge >= 0.3 is 0 Å². The van der Waals surface area contributed by atoms with Crippen LogP contribution in [-0.2, 0) is 0 Å². The van der Waals surface area contributed by atoms with Gasteiger partial charge in [0.2, 0.25) is 0 Å². The van der Waals surface area contributed by atoms with Crippen LogP contribution in [0.25, 0.3) is 22.5 Å². The molecule has 0 unspecified atom stereocenters. The maximum Gasteiger partial charge on any atom is 0.193 e. The van der Waals surface area contributed by atoms with Crippen molar-refractivity contribution in [3.8, 4) is 11.5 Å². The normalized spacial score (nSPS) is 11.0. The van der Waals surface area contributed by atoms with E-state index in [1.807, 2.05) is 19.1 Å². The van der Waals surface area contributed by atoms with Gasteiger partial charge < -0.3 is 8.83 Å². The molecule has 0 saturated heterocycles. The first-order valence-electron chi connectivity index (χ1n) is 5.44. The van der Waals surface area contributed by atoms with Crippen LogP contribution in [0.4, 0.5) is 0 Å². The Morgan fingerprint density at radius 1 is 1.00 bits per heavy atom. The summed E-state index contributed by atoms with van der Waals surface area (Å²) in [4.78, 5) is 12.0. The van der Waals surface area contributed by atoms with Gasteiger partial charge in [-0.1, -0.05) is 11.6 Å². The van der Waals surface area contributed by atoms with Crippen molar-refractivity contribution in [3.05, 3.63) is 56.9 Å². The Hall–Kier alpha value is -1.81. The van der Waals surface area contributed by atoms with Crippen molar-refractivity contribution >= 4 is 26.9 Å². The SMILES string of the molecule is Cc1ccc2oc(-c3ccc(Br)o3)cc(=O)c2c1. The van der Waals surface area contributed by atoms with Crippen molar-refractivity contribution in [3.63, 3.8) is 0 Å². The van der Waals surface area contributed by atoms with E-state index in [4.69, 9.17) is 8.83 Å². The third kappa shape index (κ3) is 1.88. The first kappa shape index (κ1) is 11.3. The molecule has 0 aliphatic carbocycles. The Balaban J connectivity index is 2.28. The number of aryl methyl sites for hydroxylation is 1. The van der Waals surface area contributed by atoms with E-state index in [2.05, 4.69) is 15.9 Å². The predicted octanol–water partition coefficient (Wildman–Crippen LogP) is 4.12. The third-order valence-corrected chi connectivity index (χ3v) is 3.12. The molecule has 0 amide bonds. The summed E-state index contributed by atoms with van der Waals surface area (Å²) in [5.41, 5.74) is 1.53. The van der Waals surface area contributed by atoms with E-state index < -0.39 is 0 Å². The van der Waals surface area contributed by atoms with Crippen molar-refractivity contribution in [1.82, 2.24) is 0 Å². The van der Waals surface area contributed by atoms with E-state index in [0.717, 1.165) is 5.56 Å². The number of rotatable bonds is 1. The quantitative estimate of drug-likeness (QED) is 0.679. The minimum atomic E-state index is -0.0672. The number of fused-ring (bicyclic) bond motifs is 1. The molecule has 0 radical (unpaired) electrons. The van der Waals surface area contributed by atoms with E-state index in [1.165, 1.54) is 6.07 Å². The molecular weight excluding hydrogens is 296 g/mol. The number of halogens is 1. The Morgan fingerprint density at radius 3 is 2.56 bits per heavy atom. The topological polar surface area (TPSA) is 43.4 Å². The summed E-state index contributed by atoms with van der Waals surface area (Å²) in [5.74, 6) is 0.962. The molecule has 0 saturated carbocycles. The van der Waals surface area contributed by atoms with Crippen LogP contribution in [-0.4, -0.2) is 0 Å². The lowest BCUT2D eigenvalue weighted by molar-refractivity contribution is 0.520. The van der Waals surface area contributed by atoms with E-state index >= 15 is 0 Å². The zero-order valence-corrected chi connectivity index (χ0v) is 11.2. The van der Waals surface area contributed by atoms with Crippen LogP contribution in [0.2, 0.25) is 0 Å². The van der Waals surface area contributed by atoms with Gasteiger partial charge in [0.15, 0.2) is 21.6 Å². The number of benzene rings is 1. The molecule has 0 fully saturated rings. The molecule has 0 bridgehead atoms. The molecule has 2 aromatic heterocycles. The molecule has 3 nitrogen and oxygen atoms in total. The Morgan fingerprint density at radius 2 is 1.83 bits per heavy atom. The zero-order valence-electron chi connectivity index (χ0n) is 9.57. The Kier molecular flexibility index (Phi) is 2.59. The summed E-state index contributed by atoms with van der Waals surface area (Å²) in [6.07, 6.45) is 0. The highest BCUT2D eigenvalue weighted by Gasteiger charge is 2.10. The summed E-state index contributed by atoms with van der Waals surface area (Å²) < 4.78 is 11.7. The lowest BCUT2D eigenvalue weighted by Gasteiger charge is -2.01. The average molecular weight is 305 g/mol. The lowest BCUT2D eigenvalue weighted by atomic mass is 10.1. The van der Waals surface area contributed by atoms with E-state index in [1.54, 1.807) is 18.2 Å². The minimum absolute atomic E-state index is 0.0672. The predicted molar refractivity (Wildman–Crippen MR) is 72.6 cm³/mol. The van der Waals surface area contributed by atoms with E-state index in [-0.39, 0.29) is 5.43 Å². The van der Waals surface area contributed by atoms with Crippen molar-refractivity contribution in [1.29, 1.82) is 0 Å². The second-order valence-electron chi connectivity index (χ2n) is 4.08. The second-order valence-corrected chi connectivity index (χ2v) is 4.86. The van der Waals surface area contributed by atoms with Crippen LogP contribution in [0.3, 0.4) is 0 Å². The first-order valence-corrected chi connectivity index (χ1v) is 6.23. The molecule has 2 heterocycles.